The summed E-state index contributed by atoms with van der Waals surface area (Å²) in [6.45, 7) is 12.1. The summed E-state index contributed by atoms with van der Waals surface area (Å²) < 4.78 is 11.1. The van der Waals surface area contributed by atoms with Crippen molar-refractivity contribution in [1.82, 2.24) is 15.5 Å². The first-order valence-corrected chi connectivity index (χ1v) is 9.88. The van der Waals surface area contributed by atoms with E-state index in [1.165, 1.54) is 19.4 Å². The molecule has 1 aliphatic rings. The van der Waals surface area contributed by atoms with Gasteiger partial charge in [-0.1, -0.05) is 13.0 Å². The lowest BCUT2D eigenvalue weighted by atomic mass is 10.1. The van der Waals surface area contributed by atoms with Gasteiger partial charge in [0.2, 0.25) is 0 Å². The number of amides is 1. The van der Waals surface area contributed by atoms with Gasteiger partial charge in [0, 0.05) is 24.7 Å². The van der Waals surface area contributed by atoms with Gasteiger partial charge in [-0.2, -0.15) is 0 Å². The Balaban J connectivity index is 0.00000392. The molecule has 1 aromatic rings. The van der Waals surface area contributed by atoms with Crippen LogP contribution in [0.3, 0.4) is 0 Å². The van der Waals surface area contributed by atoms with E-state index in [0.29, 0.717) is 17.5 Å². The molecule has 1 atom stereocenters. The molecule has 1 aromatic carbocycles. The number of rotatable bonds is 9. The summed E-state index contributed by atoms with van der Waals surface area (Å²) in [5.74, 6) is 1.08. The summed E-state index contributed by atoms with van der Waals surface area (Å²) >= 11 is 0. The van der Waals surface area contributed by atoms with Crippen molar-refractivity contribution >= 4 is 30.7 Å². The Kier molecular flexibility index (Phi) is 12.6. The molecule has 0 saturated carbocycles. The third-order valence-electron chi connectivity index (χ3n) is 4.72. The first-order chi connectivity index (χ1) is 12.8. The average Bonchev–Trinajstić information content (AvgIpc) is 3.06. The number of nitrogens with zero attached hydrogens (tertiary/aromatic N) is 1. The molecule has 168 valence electrons. The number of hydrogen-bond acceptors (Lipinski definition) is 5. The number of likely N-dealkylation sites (tertiary alicyclic amines) is 1. The molecule has 1 aliphatic heterocycles. The molecule has 1 amide bonds. The van der Waals surface area contributed by atoms with Crippen LogP contribution in [0.5, 0.6) is 11.5 Å². The van der Waals surface area contributed by atoms with Gasteiger partial charge in [0.05, 0.1) is 7.11 Å². The van der Waals surface area contributed by atoms with Crippen LogP contribution in [0.1, 0.15) is 46.1 Å². The van der Waals surface area contributed by atoms with Crippen molar-refractivity contribution in [3.63, 3.8) is 0 Å². The second kappa shape index (κ2) is 13.2. The summed E-state index contributed by atoms with van der Waals surface area (Å²) in [6.07, 6.45) is 2.57. The normalized spacial score (nSPS) is 16.5. The van der Waals surface area contributed by atoms with Gasteiger partial charge in [0.15, 0.2) is 18.1 Å². The second-order valence-corrected chi connectivity index (χ2v) is 8.13. The average molecular weight is 450 g/mol. The monoisotopic (exact) mass is 449 g/mol. The standard InChI is InChI=1S/C21H35N3O3.2ClH/c1-6-24-11-7-8-17(24)14-22-13-16-9-10-18(19(12-16)26-5)27-15-20(25)23-21(2,3)4;;/h9-10,12,17,22H,6-8,11,13-15H2,1-5H3,(H,23,25);2*1H. The highest BCUT2D eigenvalue weighted by Gasteiger charge is 2.22. The molecule has 1 saturated heterocycles. The smallest absolute Gasteiger partial charge is 0.258 e. The van der Waals surface area contributed by atoms with Crippen LogP contribution < -0.4 is 20.1 Å². The maximum Gasteiger partial charge on any atom is 0.258 e. The molecular formula is C21H37Cl2N3O3. The third-order valence-corrected chi connectivity index (χ3v) is 4.72. The highest BCUT2D eigenvalue weighted by Crippen LogP contribution is 2.28. The Morgan fingerprint density at radius 2 is 1.97 bits per heavy atom. The lowest BCUT2D eigenvalue weighted by Gasteiger charge is -2.23. The van der Waals surface area contributed by atoms with Crippen LogP contribution in [-0.2, 0) is 11.3 Å². The molecule has 1 fully saturated rings. The van der Waals surface area contributed by atoms with Crippen molar-refractivity contribution in [3.05, 3.63) is 23.8 Å². The van der Waals surface area contributed by atoms with Gasteiger partial charge in [-0.25, -0.2) is 0 Å². The molecule has 29 heavy (non-hydrogen) atoms. The Bertz CT molecular complexity index is 624. The van der Waals surface area contributed by atoms with Gasteiger partial charge in [0.1, 0.15) is 0 Å². The van der Waals surface area contributed by atoms with Crippen molar-refractivity contribution in [2.45, 2.75) is 58.7 Å². The molecule has 0 radical (unpaired) electrons. The molecule has 0 spiro atoms. The van der Waals surface area contributed by atoms with E-state index in [0.717, 1.165) is 25.2 Å². The molecule has 2 rings (SSSR count). The van der Waals surface area contributed by atoms with E-state index in [1.54, 1.807) is 7.11 Å². The van der Waals surface area contributed by atoms with Crippen LogP contribution in [0.4, 0.5) is 0 Å². The highest BCUT2D eigenvalue weighted by atomic mass is 35.5. The Morgan fingerprint density at radius 1 is 1.24 bits per heavy atom. The highest BCUT2D eigenvalue weighted by molar-refractivity contribution is 5.85. The van der Waals surface area contributed by atoms with Gasteiger partial charge < -0.3 is 20.1 Å². The molecule has 1 heterocycles. The van der Waals surface area contributed by atoms with Crippen LogP contribution in [0.2, 0.25) is 0 Å². The van der Waals surface area contributed by atoms with E-state index in [9.17, 15) is 4.79 Å². The Morgan fingerprint density at radius 3 is 2.59 bits per heavy atom. The number of nitrogens with one attached hydrogen (secondary N) is 2. The Hall–Kier alpha value is -1.21. The molecule has 0 aromatic heterocycles. The number of carbonyl (C=O) groups excluding carboxylic acids is 1. The quantitative estimate of drug-likeness (QED) is 0.604. The van der Waals surface area contributed by atoms with E-state index in [1.807, 2.05) is 39.0 Å². The topological polar surface area (TPSA) is 62.8 Å². The molecule has 0 bridgehead atoms. The van der Waals surface area contributed by atoms with Gasteiger partial charge in [-0.15, -0.1) is 24.8 Å². The summed E-state index contributed by atoms with van der Waals surface area (Å²) in [7, 11) is 1.62. The van der Waals surface area contributed by atoms with E-state index >= 15 is 0 Å². The minimum absolute atomic E-state index is 0. The van der Waals surface area contributed by atoms with Crippen molar-refractivity contribution in [3.8, 4) is 11.5 Å². The summed E-state index contributed by atoms with van der Waals surface area (Å²) in [4.78, 5) is 14.5. The first kappa shape index (κ1) is 27.8. The zero-order valence-corrected chi connectivity index (χ0v) is 19.9. The van der Waals surface area contributed by atoms with Crippen molar-refractivity contribution in [2.24, 2.45) is 0 Å². The second-order valence-electron chi connectivity index (χ2n) is 8.13. The van der Waals surface area contributed by atoms with Gasteiger partial charge in [-0.3, -0.25) is 9.69 Å². The van der Waals surface area contributed by atoms with Gasteiger partial charge >= 0.3 is 0 Å². The first-order valence-electron chi connectivity index (χ1n) is 9.88. The number of benzene rings is 1. The molecule has 1 unspecified atom stereocenters. The summed E-state index contributed by atoms with van der Waals surface area (Å²) in [5, 5.41) is 6.43. The van der Waals surface area contributed by atoms with Crippen molar-refractivity contribution in [1.29, 1.82) is 0 Å². The molecule has 2 N–H and O–H groups in total. The predicted molar refractivity (Wildman–Crippen MR) is 123 cm³/mol. The number of halogens is 2. The van der Waals surface area contributed by atoms with Crippen LogP contribution in [-0.4, -0.2) is 55.7 Å². The molecule has 0 aliphatic carbocycles. The lowest BCUT2D eigenvalue weighted by molar-refractivity contribution is -0.124. The fourth-order valence-electron chi connectivity index (χ4n) is 3.46. The van der Waals surface area contributed by atoms with Crippen LogP contribution in [0.25, 0.3) is 0 Å². The number of hydrogen-bond donors (Lipinski definition) is 2. The molecule has 6 nitrogen and oxygen atoms in total. The van der Waals surface area contributed by atoms with Crippen LogP contribution in [0, 0.1) is 0 Å². The zero-order valence-electron chi connectivity index (χ0n) is 18.2. The van der Waals surface area contributed by atoms with Crippen molar-refractivity contribution < 1.29 is 14.3 Å². The van der Waals surface area contributed by atoms with E-state index in [-0.39, 0.29) is 42.9 Å². The number of carbonyl (C=O) groups is 1. The minimum Gasteiger partial charge on any atom is -0.493 e. The SMILES string of the molecule is CCN1CCCC1CNCc1ccc(OCC(=O)NC(C)(C)C)c(OC)c1.Cl.Cl. The van der Waals surface area contributed by atoms with Crippen LogP contribution >= 0.6 is 24.8 Å². The van der Waals surface area contributed by atoms with E-state index in [2.05, 4.69) is 22.5 Å². The largest absolute Gasteiger partial charge is 0.493 e. The van der Waals surface area contributed by atoms with Crippen LogP contribution in [0.15, 0.2) is 18.2 Å². The van der Waals surface area contributed by atoms with E-state index < -0.39 is 0 Å². The summed E-state index contributed by atoms with van der Waals surface area (Å²) in [6, 6.07) is 6.49. The fourth-order valence-corrected chi connectivity index (χ4v) is 3.46. The zero-order chi connectivity index (χ0) is 19.9. The predicted octanol–water partition coefficient (Wildman–Crippen LogP) is 3.41. The number of likely N-dealkylation sites (N-methyl/N-ethyl adjacent to an activating group) is 1. The maximum absolute atomic E-state index is 11.9. The number of methoxy groups -OCH3 is 1. The van der Waals surface area contributed by atoms with Crippen molar-refractivity contribution in [2.75, 3.05) is 33.4 Å². The molecular weight excluding hydrogens is 413 g/mol. The number of ether oxygens (including phenoxy) is 2. The maximum atomic E-state index is 11.9. The Labute approximate surface area is 187 Å². The third kappa shape index (κ3) is 9.43. The minimum atomic E-state index is -0.271. The lowest BCUT2D eigenvalue weighted by Crippen LogP contribution is -2.43. The molecule has 8 heteroatoms. The van der Waals surface area contributed by atoms with Gasteiger partial charge in [-0.05, 0) is 64.4 Å². The van der Waals surface area contributed by atoms with Gasteiger partial charge in [0.25, 0.3) is 5.91 Å². The fraction of sp³-hybridized carbons (Fsp3) is 0.667. The summed E-state index contributed by atoms with van der Waals surface area (Å²) in [5.41, 5.74) is 0.867. The van der Waals surface area contributed by atoms with E-state index in [4.69, 9.17) is 9.47 Å².